The van der Waals surface area contributed by atoms with E-state index in [0.717, 1.165) is 5.56 Å². The molecule has 0 saturated carbocycles. The van der Waals surface area contributed by atoms with Crippen molar-refractivity contribution in [2.24, 2.45) is 0 Å². The Morgan fingerprint density at radius 2 is 2.04 bits per heavy atom. The Kier molecular flexibility index (Phi) is 7.29. The van der Waals surface area contributed by atoms with Crippen molar-refractivity contribution >= 4 is 17.7 Å². The van der Waals surface area contributed by atoms with E-state index in [9.17, 15) is 9.18 Å². The highest BCUT2D eigenvalue weighted by atomic mass is 35.5. The van der Waals surface area contributed by atoms with Crippen molar-refractivity contribution in [2.45, 2.75) is 52.8 Å². The Morgan fingerprint density at radius 3 is 2.57 bits per heavy atom. The standard InChI is InChI=1S/C17H26ClFN2O2/c1-12(2)21(16(22)23-17(3,4)5)9-8-20-11-13-6-7-14(18)15(19)10-13/h6-7,10,12,20H,8-9,11H2,1-5H3. The lowest BCUT2D eigenvalue weighted by atomic mass is 10.2. The van der Waals surface area contributed by atoms with Crippen LogP contribution in [-0.4, -0.2) is 35.7 Å². The summed E-state index contributed by atoms with van der Waals surface area (Å²) in [5.74, 6) is -0.427. The fourth-order valence-corrected chi connectivity index (χ4v) is 2.08. The van der Waals surface area contributed by atoms with E-state index in [-0.39, 0.29) is 17.2 Å². The SMILES string of the molecule is CC(C)N(CCNCc1ccc(Cl)c(F)c1)C(=O)OC(C)(C)C. The van der Waals surface area contributed by atoms with E-state index in [1.165, 1.54) is 12.1 Å². The first-order valence-electron chi connectivity index (χ1n) is 7.74. The highest BCUT2D eigenvalue weighted by Gasteiger charge is 2.23. The number of nitrogens with one attached hydrogen (secondary N) is 1. The van der Waals surface area contributed by atoms with Crippen LogP contribution in [0.2, 0.25) is 5.02 Å². The first kappa shape index (κ1) is 19.7. The predicted octanol–water partition coefficient (Wildman–Crippen LogP) is 4.21. The molecule has 23 heavy (non-hydrogen) atoms. The van der Waals surface area contributed by atoms with Crippen LogP contribution in [0.1, 0.15) is 40.2 Å². The molecule has 0 heterocycles. The van der Waals surface area contributed by atoms with Crippen LogP contribution in [0.5, 0.6) is 0 Å². The molecule has 0 spiro atoms. The number of carbonyl (C=O) groups is 1. The molecule has 0 aliphatic heterocycles. The summed E-state index contributed by atoms with van der Waals surface area (Å²) in [5, 5.41) is 3.31. The molecule has 0 fully saturated rings. The maximum absolute atomic E-state index is 13.4. The second-order valence-corrected chi connectivity index (χ2v) is 7.10. The van der Waals surface area contributed by atoms with Gasteiger partial charge in [0.05, 0.1) is 5.02 Å². The van der Waals surface area contributed by atoms with Crippen molar-refractivity contribution in [3.8, 4) is 0 Å². The minimum absolute atomic E-state index is 0.0413. The molecule has 0 unspecified atom stereocenters. The molecule has 0 atom stereocenters. The second-order valence-electron chi connectivity index (χ2n) is 6.69. The minimum Gasteiger partial charge on any atom is -0.444 e. The third kappa shape index (κ3) is 7.18. The van der Waals surface area contributed by atoms with Crippen LogP contribution in [0.15, 0.2) is 18.2 Å². The van der Waals surface area contributed by atoms with Crippen LogP contribution < -0.4 is 5.32 Å². The van der Waals surface area contributed by atoms with Crippen molar-refractivity contribution in [3.05, 3.63) is 34.6 Å². The molecule has 6 heteroatoms. The Bertz CT molecular complexity index is 530. The highest BCUT2D eigenvalue weighted by molar-refractivity contribution is 6.30. The van der Waals surface area contributed by atoms with Crippen LogP contribution in [0, 0.1) is 5.82 Å². The number of halogens is 2. The topological polar surface area (TPSA) is 41.6 Å². The number of hydrogen-bond donors (Lipinski definition) is 1. The van der Waals surface area contributed by atoms with Crippen molar-refractivity contribution in [3.63, 3.8) is 0 Å². The fraction of sp³-hybridized carbons (Fsp3) is 0.588. The third-order valence-electron chi connectivity index (χ3n) is 3.09. The number of benzene rings is 1. The first-order valence-corrected chi connectivity index (χ1v) is 8.12. The van der Waals surface area contributed by atoms with Gasteiger partial charge in [0.1, 0.15) is 11.4 Å². The van der Waals surface area contributed by atoms with Crippen LogP contribution in [0.4, 0.5) is 9.18 Å². The van der Waals surface area contributed by atoms with E-state index in [2.05, 4.69) is 5.32 Å². The molecule has 1 rings (SSSR count). The van der Waals surface area contributed by atoms with E-state index >= 15 is 0 Å². The van der Waals surface area contributed by atoms with Gasteiger partial charge < -0.3 is 15.0 Å². The van der Waals surface area contributed by atoms with E-state index in [1.807, 2.05) is 34.6 Å². The van der Waals surface area contributed by atoms with Gasteiger partial charge in [0.2, 0.25) is 0 Å². The normalized spacial score (nSPS) is 11.7. The molecule has 1 aromatic rings. The average molecular weight is 345 g/mol. The smallest absolute Gasteiger partial charge is 0.410 e. The van der Waals surface area contributed by atoms with Crippen molar-refractivity contribution in [2.75, 3.05) is 13.1 Å². The monoisotopic (exact) mass is 344 g/mol. The Hall–Kier alpha value is -1.33. The van der Waals surface area contributed by atoms with Gasteiger partial charge in [-0.1, -0.05) is 17.7 Å². The average Bonchev–Trinajstić information content (AvgIpc) is 2.40. The van der Waals surface area contributed by atoms with Crippen molar-refractivity contribution < 1.29 is 13.9 Å². The lowest BCUT2D eigenvalue weighted by Gasteiger charge is -2.30. The van der Waals surface area contributed by atoms with Gasteiger partial charge in [-0.2, -0.15) is 0 Å². The lowest BCUT2D eigenvalue weighted by molar-refractivity contribution is 0.0193. The van der Waals surface area contributed by atoms with Crippen LogP contribution in [0.25, 0.3) is 0 Å². The molecule has 1 aromatic carbocycles. The number of nitrogens with zero attached hydrogens (tertiary/aromatic N) is 1. The molecule has 4 nitrogen and oxygen atoms in total. The molecule has 0 radical (unpaired) electrons. The number of ether oxygens (including phenoxy) is 1. The predicted molar refractivity (Wildman–Crippen MR) is 91.2 cm³/mol. The zero-order valence-electron chi connectivity index (χ0n) is 14.5. The zero-order chi connectivity index (χ0) is 17.6. The number of carbonyl (C=O) groups excluding carboxylic acids is 1. The van der Waals surface area contributed by atoms with Gasteiger partial charge in [0.25, 0.3) is 0 Å². The first-order chi connectivity index (χ1) is 10.6. The van der Waals surface area contributed by atoms with E-state index in [1.54, 1.807) is 11.0 Å². The maximum atomic E-state index is 13.4. The van der Waals surface area contributed by atoms with E-state index in [0.29, 0.717) is 19.6 Å². The number of amides is 1. The maximum Gasteiger partial charge on any atom is 0.410 e. The summed E-state index contributed by atoms with van der Waals surface area (Å²) >= 11 is 5.65. The number of rotatable bonds is 6. The molecular weight excluding hydrogens is 319 g/mol. The summed E-state index contributed by atoms with van der Waals surface area (Å²) in [5.41, 5.74) is 0.290. The van der Waals surface area contributed by atoms with Crippen molar-refractivity contribution in [1.29, 1.82) is 0 Å². The van der Waals surface area contributed by atoms with Gasteiger partial charge in [-0.05, 0) is 52.3 Å². The molecule has 0 aliphatic carbocycles. The Morgan fingerprint density at radius 1 is 1.39 bits per heavy atom. The molecule has 1 amide bonds. The van der Waals surface area contributed by atoms with Gasteiger partial charge >= 0.3 is 6.09 Å². The third-order valence-corrected chi connectivity index (χ3v) is 3.40. The Labute approximate surface area is 142 Å². The van der Waals surface area contributed by atoms with E-state index < -0.39 is 11.4 Å². The van der Waals surface area contributed by atoms with Crippen LogP contribution >= 0.6 is 11.6 Å². The highest BCUT2D eigenvalue weighted by Crippen LogP contribution is 2.15. The summed E-state index contributed by atoms with van der Waals surface area (Å²) in [4.78, 5) is 13.8. The second kappa shape index (κ2) is 8.50. The zero-order valence-corrected chi connectivity index (χ0v) is 15.2. The molecule has 0 saturated heterocycles. The molecule has 0 bridgehead atoms. The van der Waals surface area contributed by atoms with Gasteiger partial charge in [0, 0.05) is 25.7 Å². The molecular formula is C17H26ClFN2O2. The molecule has 0 aromatic heterocycles. The van der Waals surface area contributed by atoms with Gasteiger partial charge in [0.15, 0.2) is 0 Å². The summed E-state index contributed by atoms with van der Waals surface area (Å²) in [7, 11) is 0. The number of hydrogen-bond acceptors (Lipinski definition) is 3. The summed E-state index contributed by atoms with van der Waals surface area (Å²) in [6, 6.07) is 4.75. The molecule has 130 valence electrons. The quantitative estimate of drug-likeness (QED) is 0.786. The van der Waals surface area contributed by atoms with Crippen LogP contribution in [-0.2, 0) is 11.3 Å². The Balaban J connectivity index is 2.47. The fourth-order valence-electron chi connectivity index (χ4n) is 1.96. The van der Waals surface area contributed by atoms with Gasteiger partial charge in [-0.3, -0.25) is 0 Å². The summed E-state index contributed by atoms with van der Waals surface area (Å²) in [6.07, 6.45) is -0.327. The minimum atomic E-state index is -0.515. The largest absolute Gasteiger partial charge is 0.444 e. The summed E-state index contributed by atoms with van der Waals surface area (Å²) in [6.45, 7) is 11.0. The van der Waals surface area contributed by atoms with Crippen LogP contribution in [0.3, 0.4) is 0 Å². The van der Waals surface area contributed by atoms with Gasteiger partial charge in [-0.25, -0.2) is 9.18 Å². The van der Waals surface area contributed by atoms with Gasteiger partial charge in [-0.15, -0.1) is 0 Å². The van der Waals surface area contributed by atoms with Crippen molar-refractivity contribution in [1.82, 2.24) is 10.2 Å². The molecule has 0 aliphatic rings. The molecule has 1 N–H and O–H groups in total. The van der Waals surface area contributed by atoms with E-state index in [4.69, 9.17) is 16.3 Å². The lowest BCUT2D eigenvalue weighted by Crippen LogP contribution is -2.44. The summed E-state index contributed by atoms with van der Waals surface area (Å²) < 4.78 is 18.8.